The number of aliphatic hydroxyl groups is 1. The van der Waals surface area contributed by atoms with E-state index in [-0.39, 0.29) is 24.1 Å². The van der Waals surface area contributed by atoms with Crippen LogP contribution in [-0.4, -0.2) is 49.8 Å². The molecule has 0 saturated heterocycles. The van der Waals surface area contributed by atoms with E-state index in [0.29, 0.717) is 17.8 Å². The molecule has 0 radical (unpaired) electrons. The lowest BCUT2D eigenvalue weighted by Crippen LogP contribution is -2.46. The molecule has 10 heteroatoms. The zero-order chi connectivity index (χ0) is 22.9. The number of rotatable bonds is 8. The molecule has 1 aliphatic rings. The van der Waals surface area contributed by atoms with Crippen LogP contribution in [0.1, 0.15) is 56.5 Å². The van der Waals surface area contributed by atoms with Crippen molar-refractivity contribution in [3.05, 3.63) is 33.8 Å². The van der Waals surface area contributed by atoms with Crippen molar-refractivity contribution in [1.29, 1.82) is 0 Å². The summed E-state index contributed by atoms with van der Waals surface area (Å²) in [5.41, 5.74) is -1.20. The lowest BCUT2D eigenvalue weighted by atomic mass is 10.1. The summed E-state index contributed by atoms with van der Waals surface area (Å²) in [4.78, 5) is 37.6. The Kier molecular flexibility index (Phi) is 6.21. The van der Waals surface area contributed by atoms with E-state index in [0.717, 1.165) is 12.8 Å². The third-order valence-electron chi connectivity index (χ3n) is 4.77. The molecule has 10 nitrogen and oxygen atoms in total. The standard InChI is InChI=1S/C21H29N5O5/c1-12(2)10-25-18-13(5-8-15(27)22-11-21(3,4)31)9-23-26(18)20(30)16(19(25)29)17(28)24-14-6-7-14/h5,8-9,12,14,31H,6-7,10-11H2,1-4H3,(H3,22,24,27,28,29,30)/p+1/b8-5+. The molecule has 0 aromatic carbocycles. The zero-order valence-corrected chi connectivity index (χ0v) is 18.2. The summed E-state index contributed by atoms with van der Waals surface area (Å²) in [6, 6.07) is 0.0371. The first-order chi connectivity index (χ1) is 14.5. The summed E-state index contributed by atoms with van der Waals surface area (Å²) in [6.45, 7) is 7.49. The number of carbonyl (C=O) groups excluding carboxylic acids is 2. The molecule has 0 spiro atoms. The van der Waals surface area contributed by atoms with Gasteiger partial charge in [0.15, 0.2) is 0 Å². The molecule has 1 saturated carbocycles. The highest BCUT2D eigenvalue weighted by atomic mass is 16.3. The van der Waals surface area contributed by atoms with Crippen molar-refractivity contribution in [3.63, 3.8) is 0 Å². The van der Waals surface area contributed by atoms with Crippen LogP contribution in [0.5, 0.6) is 5.88 Å². The summed E-state index contributed by atoms with van der Waals surface area (Å²) < 4.78 is 2.69. The van der Waals surface area contributed by atoms with Crippen LogP contribution in [0.25, 0.3) is 11.7 Å². The van der Waals surface area contributed by atoms with Crippen molar-refractivity contribution in [2.75, 3.05) is 6.54 Å². The minimum Gasteiger partial charge on any atom is -0.477 e. The maximum Gasteiger partial charge on any atom is 0.378 e. The van der Waals surface area contributed by atoms with Gasteiger partial charge in [0.1, 0.15) is 0 Å². The molecule has 3 rings (SSSR count). The van der Waals surface area contributed by atoms with Crippen molar-refractivity contribution in [2.45, 2.75) is 58.7 Å². The number of H-pyrrole nitrogens is 1. The molecular weight excluding hydrogens is 402 g/mol. The molecule has 1 aliphatic carbocycles. The Balaban J connectivity index is 2.02. The molecule has 5 N–H and O–H groups in total. The number of hydrogen-bond donors (Lipinski definition) is 5. The SMILES string of the molecule is CC(C)C[n+]1c(O)c(C(=O)NC2CC2)c(=O)n2[nH]cc(/C=C/C(=O)NCC(C)(C)O)c21. The van der Waals surface area contributed by atoms with Crippen LogP contribution >= 0.6 is 0 Å². The quantitative estimate of drug-likeness (QED) is 0.297. The molecule has 0 unspecified atom stereocenters. The van der Waals surface area contributed by atoms with Crippen molar-refractivity contribution in [3.8, 4) is 5.88 Å². The van der Waals surface area contributed by atoms with Crippen LogP contribution < -0.4 is 20.8 Å². The first kappa shape index (κ1) is 22.5. The first-order valence-electron chi connectivity index (χ1n) is 10.4. The van der Waals surface area contributed by atoms with Crippen LogP contribution in [0.2, 0.25) is 0 Å². The molecule has 2 heterocycles. The number of fused-ring (bicyclic) bond motifs is 1. The Labute approximate surface area is 179 Å². The number of amides is 2. The first-order valence-corrected chi connectivity index (χ1v) is 10.4. The zero-order valence-electron chi connectivity index (χ0n) is 18.2. The molecule has 2 aromatic rings. The fraction of sp³-hybridized carbons (Fsp3) is 0.524. The van der Waals surface area contributed by atoms with E-state index in [4.69, 9.17) is 0 Å². The number of aromatic hydroxyl groups is 1. The predicted molar refractivity (Wildman–Crippen MR) is 114 cm³/mol. The van der Waals surface area contributed by atoms with Crippen LogP contribution in [0.3, 0.4) is 0 Å². The summed E-state index contributed by atoms with van der Waals surface area (Å²) in [7, 11) is 0. The minimum atomic E-state index is -1.04. The molecule has 31 heavy (non-hydrogen) atoms. The van der Waals surface area contributed by atoms with Crippen LogP contribution in [0.15, 0.2) is 17.1 Å². The van der Waals surface area contributed by atoms with E-state index in [1.165, 1.54) is 27.4 Å². The average Bonchev–Trinajstić information content (AvgIpc) is 3.36. The third kappa shape index (κ3) is 5.32. The predicted octanol–water partition coefficient (Wildman–Crippen LogP) is 0.0692. The Bertz CT molecular complexity index is 1090. The normalized spacial score (nSPS) is 14.5. The lowest BCUT2D eigenvalue weighted by Gasteiger charge is -2.16. The topological polar surface area (TPSA) is 140 Å². The Morgan fingerprint density at radius 1 is 1.39 bits per heavy atom. The van der Waals surface area contributed by atoms with E-state index in [1.807, 2.05) is 13.8 Å². The van der Waals surface area contributed by atoms with E-state index in [9.17, 15) is 24.6 Å². The monoisotopic (exact) mass is 432 g/mol. The van der Waals surface area contributed by atoms with E-state index in [1.54, 1.807) is 13.8 Å². The van der Waals surface area contributed by atoms with E-state index >= 15 is 0 Å². The fourth-order valence-electron chi connectivity index (χ4n) is 3.14. The number of nitrogens with one attached hydrogen (secondary N) is 3. The molecular formula is C21H30N5O5+. The van der Waals surface area contributed by atoms with E-state index in [2.05, 4.69) is 15.7 Å². The highest BCUT2D eigenvalue weighted by Crippen LogP contribution is 2.21. The fourth-order valence-corrected chi connectivity index (χ4v) is 3.14. The minimum absolute atomic E-state index is 0.0371. The van der Waals surface area contributed by atoms with Gasteiger partial charge in [-0.1, -0.05) is 18.4 Å². The molecule has 1 fully saturated rings. The van der Waals surface area contributed by atoms with Crippen molar-refractivity contribution >= 4 is 23.5 Å². The maximum absolute atomic E-state index is 13.0. The van der Waals surface area contributed by atoms with Crippen molar-refractivity contribution < 1.29 is 24.4 Å². The summed E-state index contributed by atoms with van der Waals surface area (Å²) in [5, 5.41) is 28.7. The van der Waals surface area contributed by atoms with Crippen molar-refractivity contribution in [1.82, 2.24) is 20.2 Å². The highest BCUT2D eigenvalue weighted by Gasteiger charge is 2.34. The molecule has 2 amide bonds. The lowest BCUT2D eigenvalue weighted by molar-refractivity contribution is -0.686. The number of aromatic amines is 1. The molecule has 0 bridgehead atoms. The summed E-state index contributed by atoms with van der Waals surface area (Å²) in [6.07, 6.45) is 6.02. The number of aromatic nitrogens is 3. The third-order valence-corrected chi connectivity index (χ3v) is 4.77. The molecule has 2 aromatic heterocycles. The number of carbonyl (C=O) groups is 2. The maximum atomic E-state index is 13.0. The Morgan fingerprint density at radius 3 is 2.65 bits per heavy atom. The number of hydrogen-bond acceptors (Lipinski definition) is 5. The van der Waals surface area contributed by atoms with Gasteiger partial charge in [-0.3, -0.25) is 9.59 Å². The van der Waals surface area contributed by atoms with Gasteiger partial charge < -0.3 is 20.8 Å². The summed E-state index contributed by atoms with van der Waals surface area (Å²) in [5.74, 6) is -1.31. The smallest absolute Gasteiger partial charge is 0.378 e. The van der Waals surface area contributed by atoms with Crippen molar-refractivity contribution in [2.24, 2.45) is 5.92 Å². The average molecular weight is 433 g/mol. The van der Waals surface area contributed by atoms with Gasteiger partial charge in [0.25, 0.3) is 5.91 Å². The second-order valence-electron chi connectivity index (χ2n) is 9.01. The molecule has 168 valence electrons. The summed E-state index contributed by atoms with van der Waals surface area (Å²) >= 11 is 0. The second-order valence-corrected chi connectivity index (χ2v) is 9.01. The largest absolute Gasteiger partial charge is 0.477 e. The second kappa shape index (κ2) is 8.54. The van der Waals surface area contributed by atoms with Crippen LogP contribution in [-0.2, 0) is 11.3 Å². The van der Waals surface area contributed by atoms with Crippen LogP contribution in [0, 0.1) is 5.92 Å². The Hall–Kier alpha value is -3.14. The van der Waals surface area contributed by atoms with Gasteiger partial charge in [0, 0.05) is 18.7 Å². The van der Waals surface area contributed by atoms with Gasteiger partial charge in [-0.05, 0) is 38.7 Å². The van der Waals surface area contributed by atoms with Gasteiger partial charge in [-0.25, -0.2) is 9.89 Å². The van der Waals surface area contributed by atoms with Gasteiger partial charge in [0.05, 0.1) is 23.9 Å². The Morgan fingerprint density at radius 2 is 2.06 bits per heavy atom. The van der Waals surface area contributed by atoms with Crippen LogP contribution in [0.4, 0.5) is 0 Å². The molecule has 0 aliphatic heterocycles. The molecule has 0 atom stereocenters. The van der Waals surface area contributed by atoms with Gasteiger partial charge in [0.2, 0.25) is 11.5 Å². The van der Waals surface area contributed by atoms with Gasteiger partial charge >= 0.3 is 17.1 Å². The van der Waals surface area contributed by atoms with Gasteiger partial charge in [-0.15, -0.1) is 0 Å². The highest BCUT2D eigenvalue weighted by molar-refractivity contribution is 5.96. The van der Waals surface area contributed by atoms with Gasteiger partial charge in [-0.2, -0.15) is 4.57 Å². The number of nitrogens with zero attached hydrogens (tertiary/aromatic N) is 2. The van der Waals surface area contributed by atoms with E-state index < -0.39 is 28.9 Å².